The predicted octanol–water partition coefficient (Wildman–Crippen LogP) is 1.65. The second-order valence-corrected chi connectivity index (χ2v) is 1.66. The lowest BCUT2D eigenvalue weighted by Crippen LogP contribution is -1.81. The molecule has 0 amide bonds. The monoisotopic (exact) mass is 156 g/mol. The summed E-state index contributed by atoms with van der Waals surface area (Å²) >= 11 is 0. The van der Waals surface area contributed by atoms with Crippen molar-refractivity contribution < 1.29 is 13.9 Å². The molecule has 0 unspecified atom stereocenters. The molecule has 60 valence electrons. The highest BCUT2D eigenvalue weighted by atomic mass is 19.1. The Labute approximate surface area is 64.6 Å². The molecule has 0 spiro atoms. The van der Waals surface area contributed by atoms with E-state index in [0.717, 1.165) is 0 Å². The number of halogens is 1. The molecule has 11 heavy (non-hydrogen) atoms. The van der Waals surface area contributed by atoms with Crippen molar-refractivity contribution in [1.29, 1.82) is 0 Å². The van der Waals surface area contributed by atoms with Crippen molar-refractivity contribution in [1.82, 2.24) is 0 Å². The summed E-state index contributed by atoms with van der Waals surface area (Å²) in [4.78, 5) is 8.00. The van der Waals surface area contributed by atoms with E-state index < -0.39 is 0 Å². The SMILES string of the molecule is C=O.COc1cccc(F)c1. The number of rotatable bonds is 1. The molecule has 0 N–H and O–H groups in total. The molecule has 1 aromatic carbocycles. The zero-order valence-corrected chi connectivity index (χ0v) is 6.21. The van der Waals surface area contributed by atoms with E-state index in [2.05, 4.69) is 0 Å². The van der Waals surface area contributed by atoms with Gasteiger partial charge in [-0.3, -0.25) is 0 Å². The zero-order chi connectivity index (χ0) is 8.69. The maximum Gasteiger partial charge on any atom is 0.126 e. The third-order valence-electron chi connectivity index (χ3n) is 1.03. The third-order valence-corrected chi connectivity index (χ3v) is 1.03. The molecule has 2 nitrogen and oxygen atoms in total. The van der Waals surface area contributed by atoms with Crippen molar-refractivity contribution in [3.63, 3.8) is 0 Å². The summed E-state index contributed by atoms with van der Waals surface area (Å²) in [7, 11) is 1.51. The highest BCUT2D eigenvalue weighted by molar-refractivity contribution is 5.21. The average Bonchev–Trinajstić information content (AvgIpc) is 2.08. The van der Waals surface area contributed by atoms with Gasteiger partial charge in [0.2, 0.25) is 0 Å². The van der Waals surface area contributed by atoms with Crippen LogP contribution in [-0.4, -0.2) is 13.9 Å². The summed E-state index contributed by atoms with van der Waals surface area (Å²) in [5.74, 6) is 0.282. The number of methoxy groups -OCH3 is 1. The number of hydrogen-bond donors (Lipinski definition) is 0. The predicted molar refractivity (Wildman–Crippen MR) is 40.1 cm³/mol. The van der Waals surface area contributed by atoms with Crippen LogP contribution in [0.15, 0.2) is 24.3 Å². The standard InChI is InChI=1S/C7H7FO.CH2O/c1-9-7-4-2-3-6(8)5-7;1-2/h2-5H,1H3;1H2. The van der Waals surface area contributed by atoms with Crippen LogP contribution in [0.2, 0.25) is 0 Å². The van der Waals surface area contributed by atoms with Crippen LogP contribution < -0.4 is 4.74 Å². The fraction of sp³-hybridized carbons (Fsp3) is 0.125. The molecule has 0 heterocycles. The Morgan fingerprint density at radius 3 is 2.45 bits per heavy atom. The molecular weight excluding hydrogens is 147 g/mol. The summed E-state index contributed by atoms with van der Waals surface area (Å²) in [5.41, 5.74) is 0. The minimum Gasteiger partial charge on any atom is -0.497 e. The fourth-order valence-electron chi connectivity index (χ4n) is 0.594. The Morgan fingerprint density at radius 2 is 2.09 bits per heavy atom. The van der Waals surface area contributed by atoms with Crippen LogP contribution in [0.4, 0.5) is 4.39 Å². The van der Waals surface area contributed by atoms with Gasteiger partial charge in [-0.05, 0) is 12.1 Å². The van der Waals surface area contributed by atoms with Crippen LogP contribution >= 0.6 is 0 Å². The Hall–Kier alpha value is -1.38. The van der Waals surface area contributed by atoms with Crippen molar-refractivity contribution >= 4 is 6.79 Å². The van der Waals surface area contributed by atoms with Gasteiger partial charge in [0.25, 0.3) is 0 Å². The number of hydrogen-bond acceptors (Lipinski definition) is 2. The minimum absolute atomic E-state index is 0.269. The third kappa shape index (κ3) is 3.35. The molecule has 0 atom stereocenters. The summed E-state index contributed by atoms with van der Waals surface area (Å²) in [6, 6.07) is 6.01. The molecule has 3 heteroatoms. The first kappa shape index (κ1) is 9.62. The zero-order valence-electron chi connectivity index (χ0n) is 6.21. The van der Waals surface area contributed by atoms with E-state index in [1.54, 1.807) is 12.1 Å². The largest absolute Gasteiger partial charge is 0.497 e. The Balaban J connectivity index is 0.000000461. The maximum absolute atomic E-state index is 12.3. The van der Waals surface area contributed by atoms with E-state index in [-0.39, 0.29) is 5.82 Å². The van der Waals surface area contributed by atoms with Gasteiger partial charge in [-0.25, -0.2) is 4.39 Å². The number of carbonyl (C=O) groups is 1. The maximum atomic E-state index is 12.3. The first-order valence-electron chi connectivity index (χ1n) is 2.91. The molecule has 0 aromatic heterocycles. The second-order valence-electron chi connectivity index (χ2n) is 1.66. The summed E-state index contributed by atoms with van der Waals surface area (Å²) in [6.45, 7) is 2.00. The first-order valence-corrected chi connectivity index (χ1v) is 2.91. The van der Waals surface area contributed by atoms with E-state index >= 15 is 0 Å². The van der Waals surface area contributed by atoms with Crippen LogP contribution in [0.25, 0.3) is 0 Å². The van der Waals surface area contributed by atoms with E-state index in [1.165, 1.54) is 19.2 Å². The lowest BCUT2D eigenvalue weighted by molar-refractivity contribution is -0.0979. The highest BCUT2D eigenvalue weighted by Crippen LogP contribution is 2.09. The number of benzene rings is 1. The quantitative estimate of drug-likeness (QED) is 0.618. The van der Waals surface area contributed by atoms with Crippen LogP contribution in [0.3, 0.4) is 0 Å². The van der Waals surface area contributed by atoms with Crippen molar-refractivity contribution in [2.24, 2.45) is 0 Å². The summed E-state index contributed by atoms with van der Waals surface area (Å²) in [6.07, 6.45) is 0. The molecular formula is C8H9FO2. The van der Waals surface area contributed by atoms with Gasteiger partial charge in [-0.2, -0.15) is 0 Å². The summed E-state index contributed by atoms with van der Waals surface area (Å²) in [5, 5.41) is 0. The molecule has 0 aliphatic heterocycles. The Kier molecular flexibility index (Phi) is 4.73. The van der Waals surface area contributed by atoms with Crippen molar-refractivity contribution in [2.75, 3.05) is 7.11 Å². The lowest BCUT2D eigenvalue weighted by atomic mass is 10.3. The van der Waals surface area contributed by atoms with E-state index in [0.29, 0.717) is 5.75 Å². The highest BCUT2D eigenvalue weighted by Gasteiger charge is 1.90. The van der Waals surface area contributed by atoms with Crippen LogP contribution in [0.5, 0.6) is 5.75 Å². The van der Waals surface area contributed by atoms with Crippen molar-refractivity contribution in [3.8, 4) is 5.75 Å². The molecule has 1 rings (SSSR count). The van der Waals surface area contributed by atoms with Gasteiger partial charge in [0.15, 0.2) is 0 Å². The molecule has 0 radical (unpaired) electrons. The van der Waals surface area contributed by atoms with E-state index in [1.807, 2.05) is 6.79 Å². The fourth-order valence-corrected chi connectivity index (χ4v) is 0.594. The smallest absolute Gasteiger partial charge is 0.126 e. The normalized spacial score (nSPS) is 7.82. The van der Waals surface area contributed by atoms with E-state index in [4.69, 9.17) is 9.53 Å². The van der Waals surface area contributed by atoms with Gasteiger partial charge in [0.05, 0.1) is 7.11 Å². The Bertz CT molecular complexity index is 213. The topological polar surface area (TPSA) is 26.3 Å². The minimum atomic E-state index is -0.269. The molecule has 0 saturated carbocycles. The Morgan fingerprint density at radius 1 is 1.45 bits per heavy atom. The molecule has 0 saturated heterocycles. The van der Waals surface area contributed by atoms with Crippen LogP contribution in [-0.2, 0) is 4.79 Å². The molecule has 0 aliphatic rings. The molecule has 1 aromatic rings. The number of carbonyl (C=O) groups excluding carboxylic acids is 1. The average molecular weight is 156 g/mol. The second kappa shape index (κ2) is 5.41. The van der Waals surface area contributed by atoms with Gasteiger partial charge in [-0.15, -0.1) is 0 Å². The van der Waals surface area contributed by atoms with Gasteiger partial charge >= 0.3 is 0 Å². The number of ether oxygens (including phenoxy) is 1. The summed E-state index contributed by atoms with van der Waals surface area (Å²) < 4.78 is 17.0. The van der Waals surface area contributed by atoms with Crippen LogP contribution in [0, 0.1) is 5.82 Å². The van der Waals surface area contributed by atoms with Crippen molar-refractivity contribution in [2.45, 2.75) is 0 Å². The molecule has 0 fully saturated rings. The van der Waals surface area contributed by atoms with Gasteiger partial charge < -0.3 is 9.53 Å². The van der Waals surface area contributed by atoms with Gasteiger partial charge in [-0.1, -0.05) is 6.07 Å². The molecule has 0 aliphatic carbocycles. The van der Waals surface area contributed by atoms with Gasteiger partial charge in [0.1, 0.15) is 18.4 Å². The van der Waals surface area contributed by atoms with E-state index in [9.17, 15) is 4.39 Å². The van der Waals surface area contributed by atoms with Crippen LogP contribution in [0.1, 0.15) is 0 Å². The first-order chi connectivity index (χ1) is 5.33. The van der Waals surface area contributed by atoms with Gasteiger partial charge in [0, 0.05) is 6.07 Å². The van der Waals surface area contributed by atoms with Crippen molar-refractivity contribution in [3.05, 3.63) is 30.1 Å². The molecule has 0 bridgehead atoms. The lowest BCUT2D eigenvalue weighted by Gasteiger charge is -1.95.